The highest BCUT2D eigenvalue weighted by molar-refractivity contribution is 9.10. The van der Waals surface area contributed by atoms with Crippen LogP contribution in [-0.2, 0) is 6.54 Å². The molecule has 0 bridgehead atoms. The monoisotopic (exact) mass is 261 g/mol. The Labute approximate surface area is 92.6 Å². The summed E-state index contributed by atoms with van der Waals surface area (Å²) < 4.78 is 6.04. The van der Waals surface area contributed by atoms with E-state index in [0.29, 0.717) is 13.1 Å². The molecule has 0 aliphatic heterocycles. The van der Waals surface area contributed by atoms with Gasteiger partial charge in [-0.3, -0.25) is 0 Å². The van der Waals surface area contributed by atoms with Crippen molar-refractivity contribution in [1.29, 1.82) is 0 Å². The summed E-state index contributed by atoms with van der Waals surface area (Å²) in [6, 6.07) is 3.76. The van der Waals surface area contributed by atoms with Gasteiger partial charge in [0.25, 0.3) is 0 Å². The van der Waals surface area contributed by atoms with Crippen LogP contribution in [-0.4, -0.2) is 17.3 Å². The first-order chi connectivity index (χ1) is 6.53. The van der Waals surface area contributed by atoms with Gasteiger partial charge >= 0.3 is 0 Å². The normalized spacial score (nSPS) is 15.4. The van der Waals surface area contributed by atoms with Crippen LogP contribution in [0.3, 0.4) is 0 Å². The van der Waals surface area contributed by atoms with Crippen LogP contribution < -0.4 is 5.32 Å². The van der Waals surface area contributed by atoms with Crippen molar-refractivity contribution in [1.82, 2.24) is 5.32 Å². The molecule has 14 heavy (non-hydrogen) atoms. The predicted octanol–water partition coefficient (Wildman–Crippen LogP) is 2.29. The topological polar surface area (TPSA) is 45.4 Å². The van der Waals surface area contributed by atoms with Crippen LogP contribution in [0.15, 0.2) is 21.2 Å². The molecule has 1 unspecified atom stereocenters. The molecule has 0 saturated carbocycles. The van der Waals surface area contributed by atoms with Gasteiger partial charge in [-0.2, -0.15) is 0 Å². The number of hydrogen-bond donors (Lipinski definition) is 2. The summed E-state index contributed by atoms with van der Waals surface area (Å²) in [4.78, 5) is 0. The third-order valence-electron chi connectivity index (χ3n) is 2.20. The minimum absolute atomic E-state index is 0.571. The molecular formula is C10H16BrNO2. The molecule has 1 heterocycles. The lowest BCUT2D eigenvalue weighted by Crippen LogP contribution is -2.36. The van der Waals surface area contributed by atoms with Crippen LogP contribution in [0.4, 0.5) is 0 Å². The van der Waals surface area contributed by atoms with E-state index in [1.54, 1.807) is 0 Å². The summed E-state index contributed by atoms with van der Waals surface area (Å²) in [7, 11) is 0. The molecule has 0 radical (unpaired) electrons. The number of furan rings is 1. The number of rotatable bonds is 5. The molecule has 3 nitrogen and oxygen atoms in total. The highest BCUT2D eigenvalue weighted by Gasteiger charge is 2.16. The predicted molar refractivity (Wildman–Crippen MR) is 59.0 cm³/mol. The van der Waals surface area contributed by atoms with Crippen molar-refractivity contribution < 1.29 is 9.52 Å². The molecule has 0 aromatic carbocycles. The van der Waals surface area contributed by atoms with Crippen molar-refractivity contribution in [3.8, 4) is 0 Å². The minimum Gasteiger partial charge on any atom is -0.453 e. The number of hydrogen-bond acceptors (Lipinski definition) is 3. The van der Waals surface area contributed by atoms with Gasteiger partial charge in [0.2, 0.25) is 0 Å². The van der Waals surface area contributed by atoms with Gasteiger partial charge in [-0.05, 0) is 41.4 Å². The highest BCUT2D eigenvalue weighted by atomic mass is 79.9. The molecule has 80 valence electrons. The Morgan fingerprint density at radius 2 is 2.29 bits per heavy atom. The molecule has 0 fully saturated rings. The lowest BCUT2D eigenvalue weighted by atomic mass is 10.0. The maximum atomic E-state index is 9.70. The minimum atomic E-state index is -0.635. The molecule has 1 rings (SSSR count). The second-order valence-corrected chi connectivity index (χ2v) is 4.44. The molecule has 1 aromatic rings. The van der Waals surface area contributed by atoms with Crippen molar-refractivity contribution in [3.63, 3.8) is 0 Å². The number of nitrogens with one attached hydrogen (secondary N) is 1. The van der Waals surface area contributed by atoms with Crippen molar-refractivity contribution in [2.24, 2.45) is 0 Å². The Balaban J connectivity index is 2.28. The summed E-state index contributed by atoms with van der Waals surface area (Å²) in [6.45, 7) is 4.99. The molecular weight excluding hydrogens is 246 g/mol. The maximum absolute atomic E-state index is 9.70. The van der Waals surface area contributed by atoms with Crippen LogP contribution in [0, 0.1) is 0 Å². The summed E-state index contributed by atoms with van der Waals surface area (Å²) in [5, 5.41) is 12.8. The Kier molecular flexibility index (Phi) is 4.16. The fraction of sp³-hybridized carbons (Fsp3) is 0.600. The van der Waals surface area contributed by atoms with Crippen LogP contribution in [0.5, 0.6) is 0 Å². The van der Waals surface area contributed by atoms with E-state index in [4.69, 9.17) is 4.42 Å². The molecule has 0 spiro atoms. The van der Waals surface area contributed by atoms with Crippen LogP contribution >= 0.6 is 15.9 Å². The van der Waals surface area contributed by atoms with Crippen molar-refractivity contribution in [2.45, 2.75) is 32.4 Å². The molecule has 0 aliphatic rings. The Hall–Kier alpha value is -0.320. The van der Waals surface area contributed by atoms with E-state index in [1.165, 1.54) is 0 Å². The van der Waals surface area contributed by atoms with E-state index >= 15 is 0 Å². The second kappa shape index (κ2) is 4.96. The molecule has 4 heteroatoms. The first-order valence-corrected chi connectivity index (χ1v) is 5.50. The van der Waals surface area contributed by atoms with Gasteiger partial charge in [0.15, 0.2) is 4.67 Å². The van der Waals surface area contributed by atoms with Crippen LogP contribution in [0.25, 0.3) is 0 Å². The van der Waals surface area contributed by atoms with Crippen molar-refractivity contribution in [2.75, 3.05) is 6.54 Å². The fourth-order valence-electron chi connectivity index (χ4n) is 1.03. The molecule has 2 N–H and O–H groups in total. The first-order valence-electron chi connectivity index (χ1n) is 4.71. The largest absolute Gasteiger partial charge is 0.453 e. The second-order valence-electron chi connectivity index (χ2n) is 3.66. The summed E-state index contributed by atoms with van der Waals surface area (Å²) in [5.74, 6) is 0.865. The van der Waals surface area contributed by atoms with E-state index in [-0.39, 0.29) is 0 Å². The quantitative estimate of drug-likeness (QED) is 0.855. The van der Waals surface area contributed by atoms with E-state index in [0.717, 1.165) is 16.9 Å². The summed E-state index contributed by atoms with van der Waals surface area (Å²) >= 11 is 3.23. The number of halogens is 1. The lowest BCUT2D eigenvalue weighted by molar-refractivity contribution is 0.0551. The Morgan fingerprint density at radius 1 is 1.57 bits per heavy atom. The van der Waals surface area contributed by atoms with Gasteiger partial charge in [0, 0.05) is 6.54 Å². The van der Waals surface area contributed by atoms with Crippen LogP contribution in [0.2, 0.25) is 0 Å². The third kappa shape index (κ3) is 3.82. The Bertz CT molecular complexity index is 283. The summed E-state index contributed by atoms with van der Waals surface area (Å²) in [5.41, 5.74) is -0.635. The zero-order chi connectivity index (χ0) is 10.6. The van der Waals surface area contributed by atoms with Gasteiger partial charge in [-0.15, -0.1) is 0 Å². The molecule has 0 amide bonds. The highest BCUT2D eigenvalue weighted by Crippen LogP contribution is 2.14. The molecule has 0 saturated heterocycles. The SMILES string of the molecule is CCC(C)(O)CNCc1ccc(Br)o1. The van der Waals surface area contributed by atoms with Crippen molar-refractivity contribution in [3.05, 3.63) is 22.6 Å². The number of aliphatic hydroxyl groups is 1. The van der Waals surface area contributed by atoms with E-state index in [1.807, 2.05) is 26.0 Å². The molecule has 0 aliphatic carbocycles. The van der Waals surface area contributed by atoms with Gasteiger partial charge in [-0.1, -0.05) is 6.92 Å². The molecule has 1 aromatic heterocycles. The Morgan fingerprint density at radius 3 is 2.79 bits per heavy atom. The first kappa shape index (κ1) is 11.8. The standard InChI is InChI=1S/C10H16BrNO2/c1-3-10(2,13)7-12-6-8-4-5-9(11)14-8/h4-5,12-13H,3,6-7H2,1-2H3. The molecule has 1 atom stereocenters. The van der Waals surface area contributed by atoms with Gasteiger partial charge in [-0.25, -0.2) is 0 Å². The van der Waals surface area contributed by atoms with Crippen molar-refractivity contribution >= 4 is 15.9 Å². The van der Waals surface area contributed by atoms with Crippen LogP contribution in [0.1, 0.15) is 26.0 Å². The van der Waals surface area contributed by atoms with E-state index < -0.39 is 5.60 Å². The third-order valence-corrected chi connectivity index (χ3v) is 2.62. The zero-order valence-electron chi connectivity index (χ0n) is 8.51. The average molecular weight is 262 g/mol. The summed E-state index contributed by atoms with van der Waals surface area (Å²) in [6.07, 6.45) is 0.738. The van der Waals surface area contributed by atoms with E-state index in [2.05, 4.69) is 21.2 Å². The average Bonchev–Trinajstić information content (AvgIpc) is 2.51. The van der Waals surface area contributed by atoms with E-state index in [9.17, 15) is 5.11 Å². The van der Waals surface area contributed by atoms with Gasteiger partial charge in [0.1, 0.15) is 5.76 Å². The maximum Gasteiger partial charge on any atom is 0.169 e. The van der Waals surface area contributed by atoms with Gasteiger partial charge < -0.3 is 14.8 Å². The zero-order valence-corrected chi connectivity index (χ0v) is 10.1. The lowest BCUT2D eigenvalue weighted by Gasteiger charge is -2.21. The smallest absolute Gasteiger partial charge is 0.169 e. The van der Waals surface area contributed by atoms with Gasteiger partial charge in [0.05, 0.1) is 12.1 Å². The fourth-order valence-corrected chi connectivity index (χ4v) is 1.37.